The van der Waals surface area contributed by atoms with Crippen LogP contribution in [0.5, 0.6) is 0 Å². The molecule has 1 aromatic heterocycles. The monoisotopic (exact) mass is 296 g/mol. The Morgan fingerprint density at radius 3 is 2.70 bits per heavy atom. The summed E-state index contributed by atoms with van der Waals surface area (Å²) in [7, 11) is 0. The van der Waals surface area contributed by atoms with E-state index in [1.807, 2.05) is 30.5 Å². The van der Waals surface area contributed by atoms with E-state index in [0.29, 0.717) is 5.16 Å². The van der Waals surface area contributed by atoms with Crippen LogP contribution in [0.25, 0.3) is 11.0 Å². The zero-order valence-corrected chi connectivity index (χ0v) is 11.7. The van der Waals surface area contributed by atoms with Gasteiger partial charge in [0.15, 0.2) is 11.4 Å². The van der Waals surface area contributed by atoms with Crippen LogP contribution in [0.2, 0.25) is 0 Å². The van der Waals surface area contributed by atoms with Gasteiger partial charge in [0.2, 0.25) is 0 Å². The van der Waals surface area contributed by atoms with Gasteiger partial charge in [-0.05, 0) is 18.4 Å². The maximum atomic E-state index is 10.2. The third-order valence-electron chi connectivity index (χ3n) is 3.52. The Kier molecular flexibility index (Phi) is 3.70. The number of ether oxygens (including phenoxy) is 1. The molecule has 4 atom stereocenters. The quantitative estimate of drug-likeness (QED) is 0.709. The normalized spacial score (nSPS) is 30.2. The third-order valence-corrected chi connectivity index (χ3v) is 4.17. The highest BCUT2D eigenvalue weighted by Gasteiger charge is 2.44. The lowest BCUT2D eigenvalue weighted by molar-refractivity contribution is -0.0545. The number of rotatable bonds is 3. The molecule has 0 aliphatic carbocycles. The second-order valence-electron chi connectivity index (χ2n) is 4.69. The van der Waals surface area contributed by atoms with E-state index >= 15 is 0 Å². The first-order valence-corrected chi connectivity index (χ1v) is 7.53. The van der Waals surface area contributed by atoms with E-state index in [1.54, 1.807) is 4.57 Å². The van der Waals surface area contributed by atoms with Crippen molar-refractivity contribution >= 4 is 22.8 Å². The van der Waals surface area contributed by atoms with Gasteiger partial charge in [-0.25, -0.2) is 4.98 Å². The average molecular weight is 296 g/mol. The predicted octanol–water partition coefficient (Wildman–Crippen LogP) is 0.370. The predicted molar refractivity (Wildman–Crippen MR) is 74.5 cm³/mol. The SMILES string of the molecule is CSc1nc2ccccc2n1[C@@H]1O[C@H](CO)[C@@H](O)[C@H]1O. The van der Waals surface area contributed by atoms with Gasteiger partial charge in [0, 0.05) is 0 Å². The van der Waals surface area contributed by atoms with E-state index < -0.39 is 24.5 Å². The summed E-state index contributed by atoms with van der Waals surface area (Å²) in [5, 5.41) is 29.9. The van der Waals surface area contributed by atoms with Crippen LogP contribution in [0.4, 0.5) is 0 Å². The van der Waals surface area contributed by atoms with Crippen molar-refractivity contribution in [2.45, 2.75) is 29.7 Å². The van der Waals surface area contributed by atoms with Gasteiger partial charge in [-0.3, -0.25) is 4.57 Å². The molecule has 0 bridgehead atoms. The van der Waals surface area contributed by atoms with Crippen LogP contribution in [0.3, 0.4) is 0 Å². The van der Waals surface area contributed by atoms with Crippen molar-refractivity contribution in [3.63, 3.8) is 0 Å². The summed E-state index contributed by atoms with van der Waals surface area (Å²) < 4.78 is 7.36. The zero-order chi connectivity index (χ0) is 14.3. The zero-order valence-electron chi connectivity index (χ0n) is 10.9. The lowest BCUT2D eigenvalue weighted by Gasteiger charge is -2.19. The molecular weight excluding hydrogens is 280 g/mol. The van der Waals surface area contributed by atoms with Gasteiger partial charge in [-0.15, -0.1) is 0 Å². The highest BCUT2D eigenvalue weighted by Crippen LogP contribution is 2.35. The fourth-order valence-corrected chi connectivity index (χ4v) is 3.09. The molecule has 0 saturated carbocycles. The van der Waals surface area contributed by atoms with Crippen molar-refractivity contribution in [2.24, 2.45) is 0 Å². The topological polar surface area (TPSA) is 87.7 Å². The highest BCUT2D eigenvalue weighted by atomic mass is 32.2. The van der Waals surface area contributed by atoms with Crippen LogP contribution in [0, 0.1) is 0 Å². The van der Waals surface area contributed by atoms with E-state index in [2.05, 4.69) is 4.98 Å². The van der Waals surface area contributed by atoms with Crippen molar-refractivity contribution in [3.8, 4) is 0 Å². The number of fused-ring (bicyclic) bond motifs is 1. The minimum atomic E-state index is -1.11. The second-order valence-corrected chi connectivity index (χ2v) is 5.46. The summed E-state index contributed by atoms with van der Waals surface area (Å²) in [5.41, 5.74) is 1.63. The molecule has 0 radical (unpaired) electrons. The van der Waals surface area contributed by atoms with Gasteiger partial charge in [-0.1, -0.05) is 23.9 Å². The van der Waals surface area contributed by atoms with E-state index in [4.69, 9.17) is 4.74 Å². The Hall–Kier alpha value is -1.12. The smallest absolute Gasteiger partial charge is 0.170 e. The molecule has 3 rings (SSSR count). The number of aliphatic hydroxyl groups is 3. The van der Waals surface area contributed by atoms with E-state index in [1.165, 1.54) is 11.8 Å². The Balaban J connectivity index is 2.10. The molecule has 20 heavy (non-hydrogen) atoms. The molecule has 2 aromatic rings. The van der Waals surface area contributed by atoms with E-state index in [-0.39, 0.29) is 6.61 Å². The fraction of sp³-hybridized carbons (Fsp3) is 0.462. The lowest BCUT2D eigenvalue weighted by Crippen LogP contribution is -2.33. The molecule has 108 valence electrons. The van der Waals surface area contributed by atoms with Crippen LogP contribution in [-0.2, 0) is 4.74 Å². The first-order valence-electron chi connectivity index (χ1n) is 6.30. The Labute approximate surface area is 120 Å². The van der Waals surface area contributed by atoms with Gasteiger partial charge in [-0.2, -0.15) is 0 Å². The van der Waals surface area contributed by atoms with Crippen LogP contribution >= 0.6 is 11.8 Å². The van der Waals surface area contributed by atoms with Crippen molar-refractivity contribution in [2.75, 3.05) is 12.9 Å². The largest absolute Gasteiger partial charge is 0.394 e. The van der Waals surface area contributed by atoms with Crippen LogP contribution in [0.15, 0.2) is 29.4 Å². The van der Waals surface area contributed by atoms with Crippen molar-refractivity contribution in [1.82, 2.24) is 9.55 Å². The highest BCUT2D eigenvalue weighted by molar-refractivity contribution is 7.98. The first-order chi connectivity index (χ1) is 9.67. The number of thioether (sulfide) groups is 1. The maximum Gasteiger partial charge on any atom is 0.170 e. The molecule has 6 nitrogen and oxygen atoms in total. The van der Waals surface area contributed by atoms with Crippen molar-refractivity contribution in [1.29, 1.82) is 0 Å². The van der Waals surface area contributed by atoms with Crippen LogP contribution < -0.4 is 0 Å². The van der Waals surface area contributed by atoms with E-state index in [9.17, 15) is 15.3 Å². The van der Waals surface area contributed by atoms with Crippen LogP contribution in [0.1, 0.15) is 6.23 Å². The number of benzene rings is 1. The number of aromatic nitrogens is 2. The summed E-state index contributed by atoms with van der Waals surface area (Å²) in [6.07, 6.45) is -1.86. The maximum absolute atomic E-state index is 10.2. The number of nitrogens with zero attached hydrogens (tertiary/aromatic N) is 2. The number of hydrogen-bond donors (Lipinski definition) is 3. The summed E-state index contributed by atoms with van der Waals surface area (Å²) in [6, 6.07) is 7.54. The molecule has 0 amide bonds. The summed E-state index contributed by atoms with van der Waals surface area (Å²) >= 11 is 1.44. The third kappa shape index (κ3) is 2.02. The number of imidazole rings is 1. The standard InChI is InChI=1S/C13H16N2O4S/c1-20-13-14-7-4-2-3-5-8(7)15(13)12-11(18)10(17)9(6-16)19-12/h2-5,9-12,16-18H,6H2,1H3/t9-,10-,11-,12-/m1/s1. The molecule has 0 spiro atoms. The average Bonchev–Trinajstić information content (AvgIpc) is 2.98. The number of para-hydroxylation sites is 2. The van der Waals surface area contributed by atoms with Gasteiger partial charge in [0.1, 0.15) is 18.3 Å². The lowest BCUT2D eigenvalue weighted by atomic mass is 10.1. The molecular formula is C13H16N2O4S. The molecule has 0 unspecified atom stereocenters. The van der Waals surface area contributed by atoms with Gasteiger partial charge < -0.3 is 20.1 Å². The molecule has 3 N–H and O–H groups in total. The summed E-state index contributed by atoms with van der Waals surface area (Å²) in [4.78, 5) is 4.48. The Bertz CT molecular complexity index is 617. The van der Waals surface area contributed by atoms with Gasteiger partial charge in [0.05, 0.1) is 17.6 Å². The molecule has 7 heteroatoms. The molecule has 1 fully saturated rings. The van der Waals surface area contributed by atoms with Crippen LogP contribution in [-0.4, -0.2) is 56.0 Å². The molecule has 1 aliphatic rings. The minimum absolute atomic E-state index is 0.337. The second kappa shape index (κ2) is 5.34. The number of aliphatic hydroxyl groups excluding tert-OH is 3. The molecule has 1 aromatic carbocycles. The van der Waals surface area contributed by atoms with E-state index in [0.717, 1.165) is 11.0 Å². The Morgan fingerprint density at radius 1 is 1.30 bits per heavy atom. The Morgan fingerprint density at radius 2 is 2.05 bits per heavy atom. The summed E-state index contributed by atoms with van der Waals surface area (Å²) in [5.74, 6) is 0. The van der Waals surface area contributed by atoms with Crippen molar-refractivity contribution in [3.05, 3.63) is 24.3 Å². The van der Waals surface area contributed by atoms with Crippen molar-refractivity contribution < 1.29 is 20.1 Å². The molecule has 1 saturated heterocycles. The van der Waals surface area contributed by atoms with Gasteiger partial charge >= 0.3 is 0 Å². The number of hydrogen-bond acceptors (Lipinski definition) is 6. The molecule has 1 aliphatic heterocycles. The first kappa shape index (κ1) is 13.8. The van der Waals surface area contributed by atoms with Gasteiger partial charge in [0.25, 0.3) is 0 Å². The fourth-order valence-electron chi connectivity index (χ4n) is 2.51. The summed E-state index contributed by atoms with van der Waals surface area (Å²) in [6.45, 7) is -0.337. The molecule has 2 heterocycles. The minimum Gasteiger partial charge on any atom is -0.394 e.